The third-order valence-electron chi connectivity index (χ3n) is 4.84. The number of amides is 1. The van der Waals surface area contributed by atoms with Gasteiger partial charge in [0.1, 0.15) is 6.54 Å². The maximum atomic E-state index is 11.8. The third kappa shape index (κ3) is 3.81. The largest absolute Gasteiger partial charge is 0.354 e. The number of carbonyl (C=O) groups excluding carboxylic acids is 1. The zero-order valence-electron chi connectivity index (χ0n) is 12.6. The van der Waals surface area contributed by atoms with E-state index < -0.39 is 0 Å². The van der Waals surface area contributed by atoms with Crippen molar-refractivity contribution in [3.05, 3.63) is 12.4 Å². The molecule has 2 aliphatic heterocycles. The summed E-state index contributed by atoms with van der Waals surface area (Å²) in [6, 6.07) is 0.764. The van der Waals surface area contributed by atoms with Crippen LogP contribution in [0.25, 0.3) is 0 Å². The Kier molecular flexibility index (Phi) is 4.85. The van der Waals surface area contributed by atoms with Gasteiger partial charge in [-0.1, -0.05) is 11.6 Å². The van der Waals surface area contributed by atoms with Crippen molar-refractivity contribution in [1.29, 1.82) is 0 Å². The van der Waals surface area contributed by atoms with Crippen LogP contribution in [0.5, 0.6) is 0 Å². The van der Waals surface area contributed by atoms with Crippen molar-refractivity contribution in [2.24, 2.45) is 5.92 Å². The third-order valence-corrected chi connectivity index (χ3v) is 4.84. The molecule has 0 bridgehead atoms. The molecule has 2 atom stereocenters. The highest BCUT2D eigenvalue weighted by Gasteiger charge is 2.32. The molecule has 0 spiro atoms. The number of rotatable bonds is 5. The van der Waals surface area contributed by atoms with Crippen LogP contribution in [0.15, 0.2) is 12.4 Å². The van der Waals surface area contributed by atoms with Gasteiger partial charge in [-0.25, -0.2) is 4.68 Å². The Morgan fingerprint density at radius 2 is 2.14 bits per heavy atom. The smallest absolute Gasteiger partial charge is 0.241 e. The quantitative estimate of drug-likeness (QED) is 0.881. The second-order valence-electron chi connectivity index (χ2n) is 6.24. The van der Waals surface area contributed by atoms with Gasteiger partial charge in [-0.05, 0) is 51.1 Å². The minimum absolute atomic E-state index is 0.0248. The van der Waals surface area contributed by atoms with E-state index in [1.54, 1.807) is 17.1 Å². The summed E-state index contributed by atoms with van der Waals surface area (Å²) >= 11 is 0. The van der Waals surface area contributed by atoms with Crippen molar-refractivity contribution in [2.75, 3.05) is 19.6 Å². The Bertz CT molecular complexity index is 445. The molecule has 2 aliphatic rings. The number of hydrogen-bond donors (Lipinski definition) is 1. The fourth-order valence-corrected chi connectivity index (χ4v) is 3.83. The van der Waals surface area contributed by atoms with Gasteiger partial charge < -0.3 is 10.2 Å². The summed E-state index contributed by atoms with van der Waals surface area (Å²) in [6.45, 7) is 3.60. The number of fused-ring (bicyclic) bond motifs is 1. The molecule has 1 amide bonds. The van der Waals surface area contributed by atoms with Gasteiger partial charge in [-0.3, -0.25) is 4.79 Å². The van der Waals surface area contributed by atoms with E-state index in [0.717, 1.165) is 24.9 Å². The molecular weight excluding hydrogens is 266 g/mol. The lowest BCUT2D eigenvalue weighted by Crippen LogP contribution is -2.48. The summed E-state index contributed by atoms with van der Waals surface area (Å²) < 4.78 is 1.55. The summed E-state index contributed by atoms with van der Waals surface area (Å²) in [5.74, 6) is 0.780. The van der Waals surface area contributed by atoms with Crippen LogP contribution in [0.1, 0.15) is 38.5 Å². The van der Waals surface area contributed by atoms with Gasteiger partial charge in [0.15, 0.2) is 0 Å². The molecule has 2 saturated heterocycles. The van der Waals surface area contributed by atoms with Crippen molar-refractivity contribution in [2.45, 2.75) is 51.1 Å². The molecule has 0 aromatic carbocycles. The lowest BCUT2D eigenvalue weighted by atomic mass is 9.82. The van der Waals surface area contributed by atoms with Crippen LogP contribution in [-0.4, -0.2) is 51.5 Å². The van der Waals surface area contributed by atoms with Crippen LogP contribution in [-0.2, 0) is 11.3 Å². The van der Waals surface area contributed by atoms with Gasteiger partial charge >= 0.3 is 0 Å². The van der Waals surface area contributed by atoms with Gasteiger partial charge in [0.2, 0.25) is 5.91 Å². The van der Waals surface area contributed by atoms with Crippen molar-refractivity contribution < 1.29 is 4.79 Å². The predicted molar refractivity (Wildman–Crippen MR) is 79.6 cm³/mol. The highest BCUT2D eigenvalue weighted by atomic mass is 16.2. The summed E-state index contributed by atoms with van der Waals surface area (Å²) in [4.78, 5) is 14.5. The van der Waals surface area contributed by atoms with Crippen LogP contribution >= 0.6 is 0 Å². The zero-order valence-corrected chi connectivity index (χ0v) is 12.6. The van der Waals surface area contributed by atoms with Crippen molar-refractivity contribution in [3.63, 3.8) is 0 Å². The van der Waals surface area contributed by atoms with Crippen LogP contribution in [0.2, 0.25) is 0 Å². The molecule has 21 heavy (non-hydrogen) atoms. The number of aromatic nitrogens is 3. The molecule has 0 saturated carbocycles. The Morgan fingerprint density at radius 3 is 3.00 bits per heavy atom. The normalized spacial score (nSPS) is 26.3. The predicted octanol–water partition coefficient (Wildman–Crippen LogP) is 1.05. The van der Waals surface area contributed by atoms with Gasteiger partial charge in [0, 0.05) is 18.8 Å². The van der Waals surface area contributed by atoms with Crippen LogP contribution in [0.3, 0.4) is 0 Å². The molecule has 3 heterocycles. The topological polar surface area (TPSA) is 63.1 Å². The Balaban J connectivity index is 1.41. The van der Waals surface area contributed by atoms with Crippen molar-refractivity contribution in [3.8, 4) is 0 Å². The van der Waals surface area contributed by atoms with Crippen LogP contribution in [0, 0.1) is 5.92 Å². The van der Waals surface area contributed by atoms with E-state index in [-0.39, 0.29) is 12.5 Å². The van der Waals surface area contributed by atoms with E-state index >= 15 is 0 Å². The zero-order chi connectivity index (χ0) is 14.5. The number of piperidine rings is 2. The SMILES string of the molecule is O=C(Cn1ccnn1)NCC[C@@H]1CCCN2CCCC[C@H]12. The molecule has 0 aliphatic carbocycles. The first-order valence-electron chi connectivity index (χ1n) is 8.18. The molecule has 0 unspecified atom stereocenters. The number of hydrogen-bond acceptors (Lipinski definition) is 4. The molecule has 3 rings (SSSR count). The summed E-state index contributed by atoms with van der Waals surface area (Å²) in [6.07, 6.45) is 11.1. The van der Waals surface area contributed by atoms with Crippen molar-refractivity contribution in [1.82, 2.24) is 25.2 Å². The molecule has 2 fully saturated rings. The number of carbonyl (C=O) groups is 1. The molecule has 1 N–H and O–H groups in total. The maximum Gasteiger partial charge on any atom is 0.241 e. The standard InChI is InChI=1S/C15H25N5O/c21-15(12-20-11-8-17-18-20)16-7-6-13-4-3-10-19-9-2-1-5-14(13)19/h8,11,13-14H,1-7,9-10,12H2,(H,16,21)/t13-,14+/m0/s1. The van der Waals surface area contributed by atoms with Crippen molar-refractivity contribution >= 4 is 5.91 Å². The monoisotopic (exact) mass is 291 g/mol. The molecule has 6 nitrogen and oxygen atoms in total. The molecule has 1 aromatic heterocycles. The average Bonchev–Trinajstić information content (AvgIpc) is 3.00. The highest BCUT2D eigenvalue weighted by molar-refractivity contribution is 5.75. The molecule has 1 aromatic rings. The summed E-state index contributed by atoms with van der Waals surface area (Å²) in [5, 5.41) is 10.5. The fraction of sp³-hybridized carbons (Fsp3) is 0.800. The molecule has 0 radical (unpaired) electrons. The van der Waals surface area contributed by atoms with E-state index in [2.05, 4.69) is 20.5 Å². The first-order valence-corrected chi connectivity index (χ1v) is 8.18. The van der Waals surface area contributed by atoms with Gasteiger partial charge in [0.05, 0.1) is 6.20 Å². The average molecular weight is 291 g/mol. The summed E-state index contributed by atoms with van der Waals surface area (Å²) in [5.41, 5.74) is 0. The van der Waals surface area contributed by atoms with E-state index in [1.807, 2.05) is 0 Å². The van der Waals surface area contributed by atoms with Gasteiger partial charge in [0.25, 0.3) is 0 Å². The number of nitrogens with zero attached hydrogens (tertiary/aromatic N) is 4. The van der Waals surface area contributed by atoms with E-state index in [0.29, 0.717) is 0 Å². The fourth-order valence-electron chi connectivity index (χ4n) is 3.83. The lowest BCUT2D eigenvalue weighted by molar-refractivity contribution is -0.121. The Hall–Kier alpha value is -1.43. The number of nitrogens with one attached hydrogen (secondary N) is 1. The highest BCUT2D eigenvalue weighted by Crippen LogP contribution is 2.32. The first kappa shape index (κ1) is 14.5. The van der Waals surface area contributed by atoms with E-state index in [9.17, 15) is 4.79 Å². The molecular formula is C15H25N5O. The van der Waals surface area contributed by atoms with E-state index in [1.165, 1.54) is 45.2 Å². The minimum atomic E-state index is 0.0248. The minimum Gasteiger partial charge on any atom is -0.354 e. The summed E-state index contributed by atoms with van der Waals surface area (Å²) in [7, 11) is 0. The van der Waals surface area contributed by atoms with Gasteiger partial charge in [-0.2, -0.15) is 0 Å². The first-order chi connectivity index (χ1) is 10.3. The second-order valence-corrected chi connectivity index (χ2v) is 6.24. The molecule has 116 valence electrons. The van der Waals surface area contributed by atoms with E-state index in [4.69, 9.17) is 0 Å². The Morgan fingerprint density at radius 1 is 1.24 bits per heavy atom. The lowest BCUT2D eigenvalue weighted by Gasteiger charge is -2.44. The maximum absolute atomic E-state index is 11.8. The van der Waals surface area contributed by atoms with Gasteiger partial charge in [-0.15, -0.1) is 5.10 Å². The second kappa shape index (κ2) is 7.02. The Labute approximate surface area is 125 Å². The molecule has 6 heteroatoms. The van der Waals surface area contributed by atoms with Crippen LogP contribution < -0.4 is 5.32 Å². The van der Waals surface area contributed by atoms with Crippen LogP contribution in [0.4, 0.5) is 0 Å².